The van der Waals surface area contributed by atoms with Gasteiger partial charge < -0.3 is 4.90 Å². The van der Waals surface area contributed by atoms with Crippen molar-refractivity contribution < 1.29 is 0 Å². The van der Waals surface area contributed by atoms with Gasteiger partial charge in [-0.2, -0.15) is 0 Å². The lowest BCUT2D eigenvalue weighted by Gasteiger charge is -2.30. The summed E-state index contributed by atoms with van der Waals surface area (Å²) in [5.41, 5.74) is 0. The lowest BCUT2D eigenvalue weighted by molar-refractivity contribution is 0.202. The fraction of sp³-hybridized carbons (Fsp3) is 0.889. The molecule has 0 atom stereocenters. The molecule has 11 heavy (non-hydrogen) atoms. The van der Waals surface area contributed by atoms with Gasteiger partial charge in [0.05, 0.1) is 0 Å². The van der Waals surface area contributed by atoms with Crippen molar-refractivity contribution in [2.75, 3.05) is 33.7 Å². The van der Waals surface area contributed by atoms with Crippen molar-refractivity contribution in [3.8, 4) is 0 Å². The Morgan fingerprint density at radius 2 is 1.91 bits per heavy atom. The molecular formula is C9H18N2. The third-order valence-corrected chi connectivity index (χ3v) is 2.27. The molecule has 0 N–H and O–H groups in total. The van der Waals surface area contributed by atoms with Crippen LogP contribution in [0.1, 0.15) is 12.8 Å². The first kappa shape index (κ1) is 9.01. The van der Waals surface area contributed by atoms with Crippen molar-refractivity contribution in [1.29, 1.82) is 0 Å². The fourth-order valence-electron chi connectivity index (χ4n) is 1.65. The van der Waals surface area contributed by atoms with E-state index in [9.17, 15) is 0 Å². The van der Waals surface area contributed by atoms with Gasteiger partial charge in [0, 0.05) is 13.6 Å². The lowest BCUT2D eigenvalue weighted by atomic mass is 9.97. The monoisotopic (exact) mass is 154 g/mol. The van der Waals surface area contributed by atoms with E-state index in [0.29, 0.717) is 0 Å². The molecule has 0 unspecified atom stereocenters. The Labute approximate surface area is 70.2 Å². The number of nitrogens with zero attached hydrogens (tertiary/aromatic N) is 2. The van der Waals surface area contributed by atoms with Crippen molar-refractivity contribution in [2.24, 2.45) is 5.92 Å². The first-order chi connectivity index (χ1) is 5.18. The number of hydrogen-bond acceptors (Lipinski definition) is 2. The summed E-state index contributed by atoms with van der Waals surface area (Å²) in [5.74, 6) is 0.866. The molecule has 0 spiro atoms. The van der Waals surface area contributed by atoms with Crippen LogP contribution in [0.4, 0.5) is 0 Å². The molecule has 2 nitrogen and oxygen atoms in total. The van der Waals surface area contributed by atoms with Gasteiger partial charge in [-0.15, -0.1) is 0 Å². The number of rotatable bonds is 2. The molecule has 1 aliphatic rings. The minimum atomic E-state index is 0.866. The molecule has 0 aromatic carbocycles. The first-order valence-electron chi connectivity index (χ1n) is 4.33. The van der Waals surface area contributed by atoms with Gasteiger partial charge in [0.2, 0.25) is 0 Å². The van der Waals surface area contributed by atoms with Crippen molar-refractivity contribution in [1.82, 2.24) is 9.80 Å². The van der Waals surface area contributed by atoms with Crippen LogP contribution in [0.5, 0.6) is 0 Å². The maximum absolute atomic E-state index is 5.65. The van der Waals surface area contributed by atoms with Crippen molar-refractivity contribution in [3.63, 3.8) is 0 Å². The minimum absolute atomic E-state index is 0.866. The molecule has 0 aliphatic carbocycles. The third kappa shape index (κ3) is 3.21. The summed E-state index contributed by atoms with van der Waals surface area (Å²) in [6.45, 7) is 3.35. The van der Waals surface area contributed by atoms with Gasteiger partial charge in [-0.3, -0.25) is 4.90 Å². The molecule has 64 valence electrons. The lowest BCUT2D eigenvalue weighted by Crippen LogP contribution is -2.33. The quantitative estimate of drug-likeness (QED) is 0.584. The maximum Gasteiger partial charge on any atom is 0.0438 e. The summed E-state index contributed by atoms with van der Waals surface area (Å²) >= 11 is 0. The largest absolute Gasteiger partial charge is 0.309 e. The summed E-state index contributed by atoms with van der Waals surface area (Å²) in [6, 6.07) is 0. The molecule has 0 amide bonds. The summed E-state index contributed by atoms with van der Waals surface area (Å²) in [6.07, 6.45) is 2.52. The highest BCUT2D eigenvalue weighted by Gasteiger charge is 2.16. The average molecular weight is 154 g/mol. The summed E-state index contributed by atoms with van der Waals surface area (Å²) < 4.78 is 0. The standard InChI is InChI=1S/C9H18N2/c1-10(2)8-9-4-6-11(3)7-5-9/h3,9H,4-8H2,1-2H3. The van der Waals surface area contributed by atoms with Gasteiger partial charge in [-0.05, 0) is 45.9 Å². The third-order valence-electron chi connectivity index (χ3n) is 2.27. The van der Waals surface area contributed by atoms with Crippen LogP contribution in [0.15, 0.2) is 0 Å². The second-order valence-corrected chi connectivity index (χ2v) is 3.74. The summed E-state index contributed by atoms with van der Waals surface area (Å²) in [4.78, 5) is 4.18. The van der Waals surface area contributed by atoms with Crippen LogP contribution in [-0.2, 0) is 0 Å². The van der Waals surface area contributed by atoms with E-state index in [1.807, 2.05) is 4.90 Å². The molecule has 0 bridgehead atoms. The van der Waals surface area contributed by atoms with Crippen LogP contribution in [0.2, 0.25) is 0 Å². The topological polar surface area (TPSA) is 6.48 Å². The Balaban J connectivity index is 2.17. The van der Waals surface area contributed by atoms with Crippen molar-refractivity contribution >= 4 is 0 Å². The number of hydrogen-bond donors (Lipinski definition) is 0. The fourth-order valence-corrected chi connectivity index (χ4v) is 1.65. The molecule has 2 heteroatoms. The number of piperidine rings is 1. The Kier molecular flexibility index (Phi) is 3.34. The van der Waals surface area contributed by atoms with E-state index in [0.717, 1.165) is 19.0 Å². The van der Waals surface area contributed by atoms with Crippen LogP contribution < -0.4 is 0 Å². The highest BCUT2D eigenvalue weighted by molar-refractivity contribution is 4.72. The van der Waals surface area contributed by atoms with Crippen molar-refractivity contribution in [3.05, 3.63) is 7.05 Å². The van der Waals surface area contributed by atoms with E-state index >= 15 is 0 Å². The normalized spacial score (nSPS) is 22.9. The van der Waals surface area contributed by atoms with E-state index in [1.54, 1.807) is 0 Å². The van der Waals surface area contributed by atoms with Crippen LogP contribution in [0, 0.1) is 13.0 Å². The first-order valence-corrected chi connectivity index (χ1v) is 4.33. The zero-order chi connectivity index (χ0) is 8.27. The van der Waals surface area contributed by atoms with Crippen LogP contribution >= 0.6 is 0 Å². The molecule has 0 aromatic heterocycles. The Hall–Kier alpha value is -0.0800. The molecule has 0 saturated carbocycles. The van der Waals surface area contributed by atoms with Gasteiger partial charge >= 0.3 is 0 Å². The second-order valence-electron chi connectivity index (χ2n) is 3.74. The van der Waals surface area contributed by atoms with E-state index in [4.69, 9.17) is 7.05 Å². The molecule has 1 aliphatic heterocycles. The SMILES string of the molecule is [CH]N1CCC(CN(C)C)CC1. The Morgan fingerprint density at radius 3 is 2.36 bits per heavy atom. The molecule has 1 fully saturated rings. The van der Waals surface area contributed by atoms with Crippen LogP contribution in [0.25, 0.3) is 0 Å². The smallest absolute Gasteiger partial charge is 0.0438 e. The molecular weight excluding hydrogens is 136 g/mol. The summed E-state index contributed by atoms with van der Waals surface area (Å²) in [5, 5.41) is 0. The Bertz CT molecular complexity index is 104. The number of likely N-dealkylation sites (tertiary alicyclic amines) is 1. The molecule has 1 rings (SSSR count). The predicted molar refractivity (Wildman–Crippen MR) is 47.2 cm³/mol. The molecule has 2 radical (unpaired) electrons. The highest BCUT2D eigenvalue weighted by atomic mass is 15.1. The van der Waals surface area contributed by atoms with E-state index in [1.165, 1.54) is 19.4 Å². The van der Waals surface area contributed by atoms with Gasteiger partial charge in [-0.1, -0.05) is 0 Å². The van der Waals surface area contributed by atoms with Gasteiger partial charge in [0.1, 0.15) is 0 Å². The second kappa shape index (κ2) is 4.07. The Morgan fingerprint density at radius 1 is 1.36 bits per heavy atom. The molecule has 0 aromatic rings. The highest BCUT2D eigenvalue weighted by Crippen LogP contribution is 2.16. The van der Waals surface area contributed by atoms with Gasteiger partial charge in [-0.25, -0.2) is 0 Å². The summed E-state index contributed by atoms with van der Waals surface area (Å²) in [7, 11) is 9.91. The van der Waals surface area contributed by atoms with Gasteiger partial charge in [0.25, 0.3) is 0 Å². The van der Waals surface area contributed by atoms with Gasteiger partial charge in [0.15, 0.2) is 0 Å². The molecule has 1 saturated heterocycles. The van der Waals surface area contributed by atoms with E-state index in [-0.39, 0.29) is 0 Å². The van der Waals surface area contributed by atoms with Crippen molar-refractivity contribution in [2.45, 2.75) is 12.8 Å². The van der Waals surface area contributed by atoms with E-state index in [2.05, 4.69) is 19.0 Å². The minimum Gasteiger partial charge on any atom is -0.309 e. The zero-order valence-corrected chi connectivity index (χ0v) is 7.58. The maximum atomic E-state index is 5.65. The van der Waals surface area contributed by atoms with E-state index < -0.39 is 0 Å². The average Bonchev–Trinajstić information content (AvgIpc) is 1.93. The van der Waals surface area contributed by atoms with Crippen LogP contribution in [-0.4, -0.2) is 43.5 Å². The molecule has 1 heterocycles. The van der Waals surface area contributed by atoms with Crippen LogP contribution in [0.3, 0.4) is 0 Å². The predicted octanol–water partition coefficient (Wildman–Crippen LogP) is 0.929. The zero-order valence-electron chi connectivity index (χ0n) is 7.58.